The average molecular weight is 282 g/mol. The van der Waals surface area contributed by atoms with Crippen LogP contribution in [0.15, 0.2) is 42.7 Å². The molecule has 0 aliphatic rings. The van der Waals surface area contributed by atoms with Crippen LogP contribution in [0.2, 0.25) is 10.0 Å². The maximum absolute atomic E-state index is 6.31. The van der Waals surface area contributed by atoms with Gasteiger partial charge in [-0.2, -0.15) is 0 Å². The molecule has 1 heterocycles. The van der Waals surface area contributed by atoms with E-state index in [1.54, 1.807) is 0 Å². The van der Waals surface area contributed by atoms with E-state index in [-0.39, 0.29) is 0 Å². The summed E-state index contributed by atoms with van der Waals surface area (Å²) in [4.78, 5) is 0. The van der Waals surface area contributed by atoms with E-state index in [0.717, 1.165) is 24.4 Å². The van der Waals surface area contributed by atoms with E-state index in [0.29, 0.717) is 10.9 Å². The van der Waals surface area contributed by atoms with E-state index >= 15 is 0 Å². The van der Waals surface area contributed by atoms with E-state index in [4.69, 9.17) is 23.2 Å². The number of benzene rings is 1. The summed E-state index contributed by atoms with van der Waals surface area (Å²) in [6.45, 7) is 3.16. The van der Waals surface area contributed by atoms with Crippen molar-refractivity contribution in [1.82, 2.24) is 4.57 Å². The SMILES string of the molecule is CCCC(Cn1cccc1)c1ccc(Cl)cc1Cl. The molecule has 2 aromatic rings. The third kappa shape index (κ3) is 3.30. The fourth-order valence-corrected chi connectivity index (χ4v) is 2.84. The van der Waals surface area contributed by atoms with Crippen LogP contribution in [0, 0.1) is 0 Å². The highest BCUT2D eigenvalue weighted by molar-refractivity contribution is 6.35. The largest absolute Gasteiger partial charge is 0.354 e. The first-order valence-electron chi connectivity index (χ1n) is 6.26. The number of halogens is 2. The van der Waals surface area contributed by atoms with Crippen LogP contribution in [0.5, 0.6) is 0 Å². The Labute approximate surface area is 118 Å². The first-order chi connectivity index (χ1) is 8.70. The molecule has 0 aliphatic heterocycles. The number of nitrogens with zero attached hydrogens (tertiary/aromatic N) is 1. The van der Waals surface area contributed by atoms with Crippen LogP contribution in [0.25, 0.3) is 0 Å². The molecule has 0 bridgehead atoms. The molecular weight excluding hydrogens is 265 g/mol. The van der Waals surface area contributed by atoms with Crippen molar-refractivity contribution in [3.8, 4) is 0 Å². The maximum atomic E-state index is 6.31. The van der Waals surface area contributed by atoms with Crippen molar-refractivity contribution in [3.63, 3.8) is 0 Å². The predicted octanol–water partition coefficient (Wildman–Crippen LogP) is 5.38. The monoisotopic (exact) mass is 281 g/mol. The standard InChI is InChI=1S/C15H17Cl2N/c1-2-5-12(11-18-8-3-4-9-18)14-7-6-13(16)10-15(14)17/h3-4,6-10,12H,2,5,11H2,1H3. The Hall–Kier alpha value is -0.920. The molecule has 0 radical (unpaired) electrons. The predicted molar refractivity (Wildman–Crippen MR) is 78.5 cm³/mol. The lowest BCUT2D eigenvalue weighted by atomic mass is 9.94. The lowest BCUT2D eigenvalue weighted by molar-refractivity contribution is 0.521. The number of aromatic nitrogens is 1. The Morgan fingerprint density at radius 1 is 1.17 bits per heavy atom. The molecule has 18 heavy (non-hydrogen) atoms. The Morgan fingerprint density at radius 2 is 1.89 bits per heavy atom. The first kappa shape index (κ1) is 13.5. The summed E-state index contributed by atoms with van der Waals surface area (Å²) in [5, 5.41) is 1.47. The van der Waals surface area contributed by atoms with Gasteiger partial charge < -0.3 is 4.57 Å². The molecule has 1 unspecified atom stereocenters. The topological polar surface area (TPSA) is 4.93 Å². The number of hydrogen-bond acceptors (Lipinski definition) is 0. The highest BCUT2D eigenvalue weighted by Gasteiger charge is 2.14. The summed E-state index contributed by atoms with van der Waals surface area (Å²) in [6, 6.07) is 9.89. The molecule has 0 N–H and O–H groups in total. The summed E-state index contributed by atoms with van der Waals surface area (Å²) in [5.41, 5.74) is 1.19. The highest BCUT2D eigenvalue weighted by Crippen LogP contribution is 2.31. The quantitative estimate of drug-likeness (QED) is 0.694. The van der Waals surface area contributed by atoms with Crippen molar-refractivity contribution in [2.24, 2.45) is 0 Å². The Kier molecular flexibility index (Phi) is 4.73. The lowest BCUT2D eigenvalue weighted by Crippen LogP contribution is -2.08. The molecule has 0 spiro atoms. The molecule has 2 rings (SSSR count). The van der Waals surface area contributed by atoms with Gasteiger partial charge in [0.05, 0.1) is 0 Å². The zero-order chi connectivity index (χ0) is 13.0. The molecule has 96 valence electrons. The van der Waals surface area contributed by atoms with Gasteiger partial charge in [-0.15, -0.1) is 0 Å². The lowest BCUT2D eigenvalue weighted by Gasteiger charge is -2.19. The van der Waals surface area contributed by atoms with Gasteiger partial charge in [0.25, 0.3) is 0 Å². The second kappa shape index (κ2) is 6.31. The minimum Gasteiger partial charge on any atom is -0.354 e. The molecule has 0 saturated heterocycles. The van der Waals surface area contributed by atoms with Gasteiger partial charge in [-0.3, -0.25) is 0 Å². The van der Waals surface area contributed by atoms with Gasteiger partial charge in [0.1, 0.15) is 0 Å². The Bertz CT molecular complexity index is 491. The summed E-state index contributed by atoms with van der Waals surface area (Å²) >= 11 is 12.3. The van der Waals surface area contributed by atoms with Crippen molar-refractivity contribution in [2.75, 3.05) is 0 Å². The number of rotatable bonds is 5. The molecule has 1 aromatic heterocycles. The van der Waals surface area contributed by atoms with E-state index in [2.05, 4.69) is 30.0 Å². The van der Waals surface area contributed by atoms with Gasteiger partial charge in [0, 0.05) is 34.9 Å². The minimum atomic E-state index is 0.437. The fourth-order valence-electron chi connectivity index (χ4n) is 2.27. The molecule has 0 amide bonds. The average Bonchev–Trinajstić information content (AvgIpc) is 2.81. The highest BCUT2D eigenvalue weighted by atomic mass is 35.5. The molecule has 1 atom stereocenters. The van der Waals surface area contributed by atoms with Crippen molar-refractivity contribution in [2.45, 2.75) is 32.2 Å². The van der Waals surface area contributed by atoms with Crippen LogP contribution in [0.1, 0.15) is 31.2 Å². The fraction of sp³-hybridized carbons (Fsp3) is 0.333. The second-order valence-corrected chi connectivity index (χ2v) is 5.37. The second-order valence-electron chi connectivity index (χ2n) is 4.53. The zero-order valence-electron chi connectivity index (χ0n) is 10.4. The van der Waals surface area contributed by atoms with E-state index < -0.39 is 0 Å². The summed E-state index contributed by atoms with van der Waals surface area (Å²) in [7, 11) is 0. The van der Waals surface area contributed by atoms with Gasteiger partial charge in [-0.1, -0.05) is 42.6 Å². The van der Waals surface area contributed by atoms with Crippen LogP contribution < -0.4 is 0 Å². The molecule has 1 nitrogen and oxygen atoms in total. The van der Waals surface area contributed by atoms with Crippen LogP contribution in [-0.2, 0) is 6.54 Å². The van der Waals surface area contributed by atoms with Gasteiger partial charge in [-0.05, 0) is 36.2 Å². The Morgan fingerprint density at radius 3 is 2.50 bits per heavy atom. The third-order valence-electron chi connectivity index (χ3n) is 3.14. The van der Waals surface area contributed by atoms with Gasteiger partial charge in [0.15, 0.2) is 0 Å². The summed E-state index contributed by atoms with van der Waals surface area (Å²) in [5.74, 6) is 0.437. The minimum absolute atomic E-state index is 0.437. The van der Waals surface area contributed by atoms with Gasteiger partial charge in [0.2, 0.25) is 0 Å². The molecular formula is C15H17Cl2N. The zero-order valence-corrected chi connectivity index (χ0v) is 12.0. The Balaban J connectivity index is 2.23. The summed E-state index contributed by atoms with van der Waals surface area (Å²) < 4.78 is 2.20. The van der Waals surface area contributed by atoms with E-state index in [9.17, 15) is 0 Å². The third-order valence-corrected chi connectivity index (χ3v) is 3.70. The van der Waals surface area contributed by atoms with Gasteiger partial charge in [-0.25, -0.2) is 0 Å². The normalized spacial score (nSPS) is 12.6. The smallest absolute Gasteiger partial charge is 0.0456 e. The molecule has 3 heteroatoms. The van der Waals surface area contributed by atoms with E-state index in [1.165, 1.54) is 5.56 Å². The maximum Gasteiger partial charge on any atom is 0.0456 e. The van der Waals surface area contributed by atoms with Crippen LogP contribution in [0.4, 0.5) is 0 Å². The van der Waals surface area contributed by atoms with Crippen molar-refractivity contribution < 1.29 is 0 Å². The van der Waals surface area contributed by atoms with E-state index in [1.807, 2.05) is 24.3 Å². The van der Waals surface area contributed by atoms with Crippen LogP contribution >= 0.6 is 23.2 Å². The molecule has 0 saturated carbocycles. The van der Waals surface area contributed by atoms with Crippen molar-refractivity contribution >= 4 is 23.2 Å². The van der Waals surface area contributed by atoms with Gasteiger partial charge >= 0.3 is 0 Å². The number of hydrogen-bond donors (Lipinski definition) is 0. The van der Waals surface area contributed by atoms with Crippen LogP contribution in [0.3, 0.4) is 0 Å². The summed E-state index contributed by atoms with van der Waals surface area (Å²) in [6.07, 6.45) is 6.45. The van der Waals surface area contributed by atoms with Crippen LogP contribution in [-0.4, -0.2) is 4.57 Å². The first-order valence-corrected chi connectivity index (χ1v) is 7.02. The van der Waals surface area contributed by atoms with Crippen molar-refractivity contribution in [3.05, 3.63) is 58.3 Å². The molecule has 1 aromatic carbocycles. The molecule has 0 aliphatic carbocycles. The molecule has 0 fully saturated rings. The van der Waals surface area contributed by atoms with Crippen molar-refractivity contribution in [1.29, 1.82) is 0 Å².